The first-order valence-electron chi connectivity index (χ1n) is 7.81. The van der Waals surface area contributed by atoms with Gasteiger partial charge in [0, 0.05) is 25.4 Å². The first kappa shape index (κ1) is 14.3. The number of benzene rings is 1. The summed E-state index contributed by atoms with van der Waals surface area (Å²) in [6, 6.07) is 12.6. The minimum atomic E-state index is 0.288. The lowest BCUT2D eigenvalue weighted by molar-refractivity contribution is 0.152. The second-order valence-electron chi connectivity index (χ2n) is 5.80. The SMILES string of the molecule is OCC1CCCCC1NCc1ccn(-c2ccccc2)n1. The molecule has 3 rings (SSSR count). The molecule has 4 heteroatoms. The van der Waals surface area contributed by atoms with Gasteiger partial charge < -0.3 is 10.4 Å². The van der Waals surface area contributed by atoms with Gasteiger partial charge in [-0.2, -0.15) is 5.10 Å². The van der Waals surface area contributed by atoms with Gasteiger partial charge in [0.05, 0.1) is 11.4 Å². The molecule has 1 heterocycles. The van der Waals surface area contributed by atoms with E-state index in [0.717, 1.165) is 30.8 Å². The third kappa shape index (κ3) is 3.52. The summed E-state index contributed by atoms with van der Waals surface area (Å²) in [6.07, 6.45) is 6.78. The second kappa shape index (κ2) is 6.87. The van der Waals surface area contributed by atoms with Gasteiger partial charge in [0.15, 0.2) is 0 Å². The highest BCUT2D eigenvalue weighted by Gasteiger charge is 2.23. The molecule has 2 atom stereocenters. The molecule has 2 N–H and O–H groups in total. The van der Waals surface area contributed by atoms with Crippen LogP contribution in [0.4, 0.5) is 0 Å². The zero-order chi connectivity index (χ0) is 14.5. The molecule has 1 aromatic carbocycles. The van der Waals surface area contributed by atoms with E-state index in [9.17, 15) is 5.11 Å². The van der Waals surface area contributed by atoms with Gasteiger partial charge in [-0.25, -0.2) is 4.68 Å². The molecule has 112 valence electrons. The number of hydrogen-bond acceptors (Lipinski definition) is 3. The Labute approximate surface area is 125 Å². The van der Waals surface area contributed by atoms with E-state index in [4.69, 9.17) is 0 Å². The minimum Gasteiger partial charge on any atom is -0.396 e. The fourth-order valence-corrected chi connectivity index (χ4v) is 3.11. The Balaban J connectivity index is 1.60. The van der Waals surface area contributed by atoms with Gasteiger partial charge in [-0.15, -0.1) is 0 Å². The number of nitrogens with one attached hydrogen (secondary N) is 1. The van der Waals surface area contributed by atoms with Crippen molar-refractivity contribution in [2.45, 2.75) is 38.3 Å². The molecule has 2 unspecified atom stereocenters. The molecule has 4 nitrogen and oxygen atoms in total. The van der Waals surface area contributed by atoms with Crippen LogP contribution in [0, 0.1) is 5.92 Å². The van der Waals surface area contributed by atoms with Crippen LogP contribution in [-0.2, 0) is 6.54 Å². The maximum atomic E-state index is 9.45. The monoisotopic (exact) mass is 285 g/mol. The Bertz CT molecular complexity index is 552. The van der Waals surface area contributed by atoms with Gasteiger partial charge in [-0.05, 0) is 37.0 Å². The summed E-state index contributed by atoms with van der Waals surface area (Å²) in [5, 5.41) is 17.6. The zero-order valence-corrected chi connectivity index (χ0v) is 12.3. The third-order valence-corrected chi connectivity index (χ3v) is 4.35. The van der Waals surface area contributed by atoms with Gasteiger partial charge in [0.1, 0.15) is 0 Å². The smallest absolute Gasteiger partial charge is 0.0766 e. The Kier molecular flexibility index (Phi) is 4.68. The molecule has 1 aromatic heterocycles. The van der Waals surface area contributed by atoms with Crippen LogP contribution < -0.4 is 5.32 Å². The molecule has 0 bridgehead atoms. The average molecular weight is 285 g/mol. The second-order valence-corrected chi connectivity index (χ2v) is 5.80. The van der Waals surface area contributed by atoms with Crippen LogP contribution >= 0.6 is 0 Å². The van der Waals surface area contributed by atoms with E-state index >= 15 is 0 Å². The Morgan fingerprint density at radius 1 is 1.14 bits per heavy atom. The van der Waals surface area contributed by atoms with Crippen molar-refractivity contribution in [2.24, 2.45) is 5.92 Å². The van der Waals surface area contributed by atoms with Crippen LogP contribution in [0.3, 0.4) is 0 Å². The number of aromatic nitrogens is 2. The van der Waals surface area contributed by atoms with Crippen LogP contribution in [-0.4, -0.2) is 27.5 Å². The van der Waals surface area contributed by atoms with Crippen molar-refractivity contribution in [3.8, 4) is 5.69 Å². The van der Waals surface area contributed by atoms with Gasteiger partial charge in [-0.1, -0.05) is 31.0 Å². The van der Waals surface area contributed by atoms with Crippen LogP contribution in [0.1, 0.15) is 31.4 Å². The highest BCUT2D eigenvalue weighted by molar-refractivity contribution is 5.30. The third-order valence-electron chi connectivity index (χ3n) is 4.35. The van der Waals surface area contributed by atoms with E-state index in [-0.39, 0.29) is 6.61 Å². The van der Waals surface area contributed by atoms with Crippen molar-refractivity contribution in [3.63, 3.8) is 0 Å². The first-order valence-corrected chi connectivity index (χ1v) is 7.81. The summed E-state index contributed by atoms with van der Waals surface area (Å²) in [5.74, 6) is 0.398. The maximum absolute atomic E-state index is 9.45. The van der Waals surface area contributed by atoms with E-state index in [1.54, 1.807) is 0 Å². The molecule has 0 spiro atoms. The van der Waals surface area contributed by atoms with Crippen molar-refractivity contribution in [3.05, 3.63) is 48.3 Å². The van der Waals surface area contributed by atoms with Gasteiger partial charge in [-0.3, -0.25) is 0 Å². The molecule has 1 aliphatic rings. The maximum Gasteiger partial charge on any atom is 0.0766 e. The molecular formula is C17H23N3O. The minimum absolute atomic E-state index is 0.288. The number of aliphatic hydroxyl groups is 1. The fourth-order valence-electron chi connectivity index (χ4n) is 3.11. The van der Waals surface area contributed by atoms with Gasteiger partial charge in [0.2, 0.25) is 0 Å². The van der Waals surface area contributed by atoms with Gasteiger partial charge >= 0.3 is 0 Å². The fraction of sp³-hybridized carbons (Fsp3) is 0.471. The van der Waals surface area contributed by atoms with Crippen molar-refractivity contribution in [2.75, 3.05) is 6.61 Å². The highest BCUT2D eigenvalue weighted by Crippen LogP contribution is 2.24. The highest BCUT2D eigenvalue weighted by atomic mass is 16.3. The van der Waals surface area contributed by atoms with Crippen LogP contribution in [0.15, 0.2) is 42.6 Å². The van der Waals surface area contributed by atoms with E-state index in [2.05, 4.69) is 16.5 Å². The van der Waals surface area contributed by atoms with Crippen molar-refractivity contribution >= 4 is 0 Å². The molecule has 0 radical (unpaired) electrons. The molecular weight excluding hydrogens is 262 g/mol. The molecule has 1 saturated carbocycles. The van der Waals surface area contributed by atoms with Gasteiger partial charge in [0.25, 0.3) is 0 Å². The Morgan fingerprint density at radius 3 is 2.76 bits per heavy atom. The zero-order valence-electron chi connectivity index (χ0n) is 12.3. The summed E-state index contributed by atoms with van der Waals surface area (Å²) in [6.45, 7) is 1.05. The first-order chi connectivity index (χ1) is 10.4. The van der Waals surface area contributed by atoms with E-state index in [1.165, 1.54) is 12.8 Å². The average Bonchev–Trinajstić information content (AvgIpc) is 3.03. The van der Waals surface area contributed by atoms with Crippen LogP contribution in [0.25, 0.3) is 5.69 Å². The van der Waals surface area contributed by atoms with Crippen LogP contribution in [0.2, 0.25) is 0 Å². The predicted molar refractivity (Wildman–Crippen MR) is 83.2 cm³/mol. The topological polar surface area (TPSA) is 50.1 Å². The lowest BCUT2D eigenvalue weighted by Crippen LogP contribution is -2.39. The summed E-state index contributed by atoms with van der Waals surface area (Å²) in [4.78, 5) is 0. The summed E-state index contributed by atoms with van der Waals surface area (Å²) >= 11 is 0. The number of rotatable bonds is 5. The number of hydrogen-bond donors (Lipinski definition) is 2. The largest absolute Gasteiger partial charge is 0.396 e. The number of para-hydroxylation sites is 1. The van der Waals surface area contributed by atoms with E-state index in [0.29, 0.717) is 12.0 Å². The number of nitrogens with zero attached hydrogens (tertiary/aromatic N) is 2. The molecule has 0 aliphatic heterocycles. The molecule has 2 aromatic rings. The lowest BCUT2D eigenvalue weighted by atomic mass is 9.85. The van der Waals surface area contributed by atoms with E-state index in [1.807, 2.05) is 41.2 Å². The molecule has 1 aliphatic carbocycles. The lowest BCUT2D eigenvalue weighted by Gasteiger charge is -2.30. The summed E-state index contributed by atoms with van der Waals surface area (Å²) in [5.41, 5.74) is 2.12. The standard InChI is InChI=1S/C17H23N3O/c21-13-14-6-4-5-9-17(14)18-12-15-10-11-20(19-15)16-7-2-1-3-8-16/h1-3,7-8,10-11,14,17-18,21H,4-6,9,12-13H2. The normalized spacial score (nSPS) is 22.3. The Morgan fingerprint density at radius 2 is 1.95 bits per heavy atom. The quantitative estimate of drug-likeness (QED) is 0.887. The molecule has 21 heavy (non-hydrogen) atoms. The molecule has 0 amide bonds. The van der Waals surface area contributed by atoms with Crippen molar-refractivity contribution in [1.29, 1.82) is 0 Å². The number of aliphatic hydroxyl groups excluding tert-OH is 1. The van der Waals surface area contributed by atoms with Crippen molar-refractivity contribution < 1.29 is 5.11 Å². The van der Waals surface area contributed by atoms with Crippen LogP contribution in [0.5, 0.6) is 0 Å². The van der Waals surface area contributed by atoms with Crippen molar-refractivity contribution in [1.82, 2.24) is 15.1 Å². The molecule has 0 saturated heterocycles. The summed E-state index contributed by atoms with van der Waals surface area (Å²) in [7, 11) is 0. The molecule has 1 fully saturated rings. The predicted octanol–water partition coefficient (Wildman–Crippen LogP) is 2.51. The summed E-state index contributed by atoms with van der Waals surface area (Å²) < 4.78 is 1.90. The Hall–Kier alpha value is -1.65. The van der Waals surface area contributed by atoms with E-state index < -0.39 is 0 Å².